The molecule has 0 bridgehead atoms. The number of aliphatic imine (C=N–C) groups is 1. The Morgan fingerprint density at radius 3 is 2.61 bits per heavy atom. The summed E-state index contributed by atoms with van der Waals surface area (Å²) in [5, 5.41) is 3.32. The lowest BCUT2D eigenvalue weighted by Crippen LogP contribution is -2.57. The summed E-state index contributed by atoms with van der Waals surface area (Å²) < 4.78 is 34.7. The first-order chi connectivity index (χ1) is 12.7. The van der Waals surface area contributed by atoms with Crippen LogP contribution in [0.4, 0.5) is 0 Å². The van der Waals surface area contributed by atoms with Crippen LogP contribution in [0.25, 0.3) is 0 Å². The summed E-state index contributed by atoms with van der Waals surface area (Å²) >= 11 is 0. The quantitative estimate of drug-likeness (QED) is 0.350. The largest absolute Gasteiger partial charge is 0.493 e. The summed E-state index contributed by atoms with van der Waals surface area (Å²) in [7, 11) is 0.255. The number of guanidine groups is 1. The standard InChI is InChI=1S/C19H31N3O4S.HI/c1-6-10-26-16-8-7-15(12-17(16)25-5)13-21-18(20-4)22-9-11-27(23,24)19(2,3)14-22;/h7-8,12H,6,9-11,13-14H2,1-5H3,(H,20,21);1H. The van der Waals surface area contributed by atoms with Gasteiger partial charge in [-0.15, -0.1) is 24.0 Å². The summed E-state index contributed by atoms with van der Waals surface area (Å²) in [6, 6.07) is 5.83. The van der Waals surface area contributed by atoms with Crippen molar-refractivity contribution in [2.45, 2.75) is 38.5 Å². The fourth-order valence-electron chi connectivity index (χ4n) is 2.99. The van der Waals surface area contributed by atoms with Gasteiger partial charge in [0.05, 0.1) is 24.2 Å². The SMILES string of the molecule is CCCOc1ccc(CNC(=NC)N2CCS(=O)(=O)C(C)(C)C2)cc1OC.I. The first-order valence-electron chi connectivity index (χ1n) is 9.21. The molecule has 1 aliphatic heterocycles. The zero-order valence-electron chi connectivity index (χ0n) is 17.3. The van der Waals surface area contributed by atoms with Crippen LogP contribution in [0, 0.1) is 0 Å². The minimum Gasteiger partial charge on any atom is -0.493 e. The molecule has 1 saturated heterocycles. The van der Waals surface area contributed by atoms with Crippen molar-refractivity contribution in [1.82, 2.24) is 10.2 Å². The number of nitrogens with zero attached hydrogens (tertiary/aromatic N) is 2. The van der Waals surface area contributed by atoms with E-state index in [0.29, 0.717) is 38.0 Å². The lowest BCUT2D eigenvalue weighted by molar-refractivity contribution is 0.294. The lowest BCUT2D eigenvalue weighted by atomic mass is 10.2. The normalized spacial score (nSPS) is 18.2. The second kappa shape index (κ2) is 10.5. The Morgan fingerprint density at radius 2 is 2.04 bits per heavy atom. The van der Waals surface area contributed by atoms with Crippen molar-refractivity contribution in [2.75, 3.05) is 39.6 Å². The molecule has 1 aliphatic rings. The van der Waals surface area contributed by atoms with Crippen LogP contribution in [0.5, 0.6) is 11.5 Å². The van der Waals surface area contributed by atoms with Crippen LogP contribution in [-0.4, -0.2) is 63.6 Å². The molecule has 0 atom stereocenters. The van der Waals surface area contributed by atoms with Gasteiger partial charge in [-0.2, -0.15) is 0 Å². The zero-order valence-corrected chi connectivity index (χ0v) is 20.5. The predicted octanol–water partition coefficient (Wildman–Crippen LogP) is 2.69. The number of sulfone groups is 1. The highest BCUT2D eigenvalue weighted by Crippen LogP contribution is 2.28. The molecule has 0 saturated carbocycles. The highest BCUT2D eigenvalue weighted by molar-refractivity contribution is 14.0. The van der Waals surface area contributed by atoms with Crippen LogP contribution in [0.3, 0.4) is 0 Å². The first kappa shape index (κ1) is 24.8. The fourth-order valence-corrected chi connectivity index (χ4v) is 4.36. The van der Waals surface area contributed by atoms with Gasteiger partial charge in [-0.05, 0) is 38.0 Å². The van der Waals surface area contributed by atoms with Crippen LogP contribution in [0.2, 0.25) is 0 Å². The molecule has 0 aliphatic carbocycles. The molecule has 0 unspecified atom stereocenters. The monoisotopic (exact) mass is 525 g/mol. The average molecular weight is 525 g/mol. The van der Waals surface area contributed by atoms with Crippen LogP contribution in [0.15, 0.2) is 23.2 Å². The summed E-state index contributed by atoms with van der Waals surface area (Å²) in [5.41, 5.74) is 1.03. The van der Waals surface area contributed by atoms with E-state index in [0.717, 1.165) is 17.7 Å². The topological polar surface area (TPSA) is 80.2 Å². The van der Waals surface area contributed by atoms with Gasteiger partial charge in [0.25, 0.3) is 0 Å². The highest BCUT2D eigenvalue weighted by atomic mass is 127. The fraction of sp³-hybridized carbons (Fsp3) is 0.632. The number of nitrogens with one attached hydrogen (secondary N) is 1. The minimum absolute atomic E-state index is 0. The van der Waals surface area contributed by atoms with Gasteiger partial charge in [0.2, 0.25) is 0 Å². The molecule has 1 heterocycles. The van der Waals surface area contributed by atoms with Gasteiger partial charge in [0.15, 0.2) is 27.3 Å². The Kier molecular flexibility index (Phi) is 9.32. The molecule has 1 N–H and O–H groups in total. The number of benzene rings is 1. The Bertz CT molecular complexity index is 781. The molecule has 2 rings (SSSR count). The smallest absolute Gasteiger partial charge is 0.193 e. The van der Waals surface area contributed by atoms with Gasteiger partial charge in [0.1, 0.15) is 0 Å². The van der Waals surface area contributed by atoms with E-state index in [1.54, 1.807) is 28.0 Å². The second-order valence-electron chi connectivity index (χ2n) is 7.23. The number of hydrogen-bond donors (Lipinski definition) is 1. The number of hydrogen-bond acceptors (Lipinski definition) is 5. The number of ether oxygens (including phenoxy) is 2. The second-order valence-corrected chi connectivity index (χ2v) is 9.98. The van der Waals surface area contributed by atoms with Crippen molar-refractivity contribution >= 4 is 39.8 Å². The minimum atomic E-state index is -3.08. The Balaban J connectivity index is 0.00000392. The summed E-state index contributed by atoms with van der Waals surface area (Å²) in [6.45, 7) is 7.66. The van der Waals surface area contributed by atoms with E-state index >= 15 is 0 Å². The van der Waals surface area contributed by atoms with Crippen LogP contribution in [-0.2, 0) is 16.4 Å². The molecule has 160 valence electrons. The summed E-state index contributed by atoms with van der Waals surface area (Å²) in [5.74, 6) is 2.26. The predicted molar refractivity (Wildman–Crippen MR) is 124 cm³/mol. The maximum Gasteiger partial charge on any atom is 0.193 e. The van der Waals surface area contributed by atoms with E-state index in [1.807, 2.05) is 23.1 Å². The third kappa shape index (κ3) is 5.88. The van der Waals surface area contributed by atoms with Gasteiger partial charge in [-0.25, -0.2) is 8.42 Å². The van der Waals surface area contributed by atoms with E-state index in [2.05, 4.69) is 17.2 Å². The maximum absolute atomic E-state index is 12.2. The van der Waals surface area contributed by atoms with Crippen LogP contribution in [0.1, 0.15) is 32.8 Å². The van der Waals surface area contributed by atoms with Crippen LogP contribution < -0.4 is 14.8 Å². The van der Waals surface area contributed by atoms with Crippen molar-refractivity contribution in [2.24, 2.45) is 4.99 Å². The van der Waals surface area contributed by atoms with Crippen molar-refractivity contribution in [3.63, 3.8) is 0 Å². The third-order valence-electron chi connectivity index (χ3n) is 4.70. The van der Waals surface area contributed by atoms with Crippen molar-refractivity contribution < 1.29 is 17.9 Å². The van der Waals surface area contributed by atoms with E-state index < -0.39 is 14.6 Å². The summed E-state index contributed by atoms with van der Waals surface area (Å²) in [4.78, 5) is 6.32. The molecular formula is C19H32IN3O4S. The molecule has 0 aromatic heterocycles. The molecule has 0 spiro atoms. The van der Waals surface area contributed by atoms with E-state index in [9.17, 15) is 8.42 Å². The molecule has 9 heteroatoms. The van der Waals surface area contributed by atoms with Crippen molar-refractivity contribution in [3.05, 3.63) is 23.8 Å². The Hall–Kier alpha value is -1.23. The highest BCUT2D eigenvalue weighted by Gasteiger charge is 2.40. The summed E-state index contributed by atoms with van der Waals surface area (Å²) in [6.07, 6.45) is 0.935. The molecule has 7 nitrogen and oxygen atoms in total. The maximum atomic E-state index is 12.2. The molecule has 28 heavy (non-hydrogen) atoms. The van der Waals surface area contributed by atoms with E-state index in [1.165, 1.54) is 0 Å². The number of halogens is 1. The molecule has 1 aromatic carbocycles. The van der Waals surface area contributed by atoms with Gasteiger partial charge < -0.3 is 19.7 Å². The van der Waals surface area contributed by atoms with Crippen molar-refractivity contribution in [3.8, 4) is 11.5 Å². The molecule has 0 radical (unpaired) electrons. The molecule has 1 aromatic rings. The van der Waals surface area contributed by atoms with Crippen molar-refractivity contribution in [1.29, 1.82) is 0 Å². The van der Waals surface area contributed by atoms with E-state index in [-0.39, 0.29) is 29.7 Å². The van der Waals surface area contributed by atoms with Crippen LogP contribution >= 0.6 is 24.0 Å². The zero-order chi connectivity index (χ0) is 20.1. The molecule has 1 fully saturated rings. The number of rotatable bonds is 6. The number of methoxy groups -OCH3 is 1. The Morgan fingerprint density at radius 1 is 1.32 bits per heavy atom. The van der Waals surface area contributed by atoms with Gasteiger partial charge in [-0.1, -0.05) is 13.0 Å². The van der Waals surface area contributed by atoms with Gasteiger partial charge in [0, 0.05) is 26.7 Å². The molecule has 0 amide bonds. The average Bonchev–Trinajstić information content (AvgIpc) is 2.63. The third-order valence-corrected chi connectivity index (χ3v) is 7.23. The Labute approximate surface area is 185 Å². The first-order valence-corrected chi connectivity index (χ1v) is 10.9. The van der Waals surface area contributed by atoms with Gasteiger partial charge >= 0.3 is 0 Å². The van der Waals surface area contributed by atoms with Gasteiger partial charge in [-0.3, -0.25) is 4.99 Å². The molecular weight excluding hydrogens is 493 g/mol. The lowest BCUT2D eigenvalue weighted by Gasteiger charge is -2.39. The van der Waals surface area contributed by atoms with E-state index in [4.69, 9.17) is 9.47 Å².